The van der Waals surface area contributed by atoms with Crippen molar-refractivity contribution in [2.24, 2.45) is 0 Å². The van der Waals surface area contributed by atoms with Gasteiger partial charge in [-0.25, -0.2) is 0 Å². The lowest BCUT2D eigenvalue weighted by molar-refractivity contribution is 0.148. The van der Waals surface area contributed by atoms with Crippen molar-refractivity contribution in [1.82, 2.24) is 0 Å². The third-order valence-electron chi connectivity index (χ3n) is 0.739. The van der Waals surface area contributed by atoms with Gasteiger partial charge in [0.15, 0.2) is 0 Å². The molecule has 0 heterocycles. The molecule has 0 aromatic rings. The lowest BCUT2D eigenvalue weighted by Crippen LogP contribution is -2.00. The Kier molecular flexibility index (Phi) is 15.1. The number of hydrogen-bond donors (Lipinski definition) is 2. The van der Waals surface area contributed by atoms with Gasteiger partial charge in [-0.05, 0) is 24.2 Å². The lowest BCUT2D eigenvalue weighted by atomic mass is 10.3. The van der Waals surface area contributed by atoms with Gasteiger partial charge in [-0.1, -0.05) is 13.2 Å². The van der Waals surface area contributed by atoms with Gasteiger partial charge in [0.2, 0.25) is 0 Å². The summed E-state index contributed by atoms with van der Waals surface area (Å²) in [7, 11) is 0. The number of aliphatic hydroxyl groups excluding tert-OH is 2. The van der Waals surface area contributed by atoms with Gasteiger partial charge in [-0.3, -0.25) is 0 Å². The molecule has 1 unspecified atom stereocenters. The average Bonchev–Trinajstić information content (AvgIpc) is 1.90. The van der Waals surface area contributed by atoms with E-state index in [0.717, 1.165) is 0 Å². The van der Waals surface area contributed by atoms with Crippen LogP contribution in [-0.2, 0) is 0 Å². The fourth-order valence-corrected chi connectivity index (χ4v) is 0.391. The molecule has 66 valence electrons. The Morgan fingerprint density at radius 2 is 1.91 bits per heavy atom. The van der Waals surface area contributed by atoms with Crippen LogP contribution in [0, 0.1) is 0 Å². The van der Waals surface area contributed by atoms with E-state index in [4.69, 9.17) is 10.2 Å². The quantitative estimate of drug-likeness (QED) is 0.685. The zero-order valence-corrected chi connectivity index (χ0v) is 7.68. The molecule has 0 bridgehead atoms. The summed E-state index contributed by atoms with van der Waals surface area (Å²) >= 11 is 1.49. The van der Waals surface area contributed by atoms with Crippen LogP contribution in [0.4, 0.5) is 0 Å². The van der Waals surface area contributed by atoms with Gasteiger partial charge >= 0.3 is 0 Å². The van der Waals surface area contributed by atoms with Gasteiger partial charge in [0.1, 0.15) is 0 Å². The van der Waals surface area contributed by atoms with Crippen molar-refractivity contribution in [1.29, 1.82) is 0 Å². The van der Waals surface area contributed by atoms with E-state index in [1.165, 1.54) is 11.8 Å². The van der Waals surface area contributed by atoms with Crippen molar-refractivity contribution in [3.05, 3.63) is 24.0 Å². The monoisotopic (exact) mass is 176 g/mol. The topological polar surface area (TPSA) is 40.5 Å². The van der Waals surface area contributed by atoms with Crippen LogP contribution in [0.3, 0.4) is 0 Å². The van der Waals surface area contributed by atoms with Crippen molar-refractivity contribution < 1.29 is 10.2 Å². The molecule has 0 aromatic heterocycles. The first-order chi connectivity index (χ1) is 5.18. The first-order valence-corrected chi connectivity index (χ1v) is 4.29. The summed E-state index contributed by atoms with van der Waals surface area (Å²) < 4.78 is 0. The first-order valence-electron chi connectivity index (χ1n) is 3.35. The van der Waals surface area contributed by atoms with Crippen LogP contribution in [0.5, 0.6) is 0 Å². The predicted octanol–water partition coefficient (Wildman–Crippen LogP) is 1.76. The Labute approximate surface area is 72.6 Å². The molecule has 2 nitrogen and oxygen atoms in total. The summed E-state index contributed by atoms with van der Waals surface area (Å²) in [5.41, 5.74) is 0. The molecule has 0 amide bonds. The summed E-state index contributed by atoms with van der Waals surface area (Å²) in [6.45, 7) is 8.61. The van der Waals surface area contributed by atoms with E-state index in [2.05, 4.69) is 13.2 Å². The van der Waals surface area contributed by atoms with Crippen LogP contribution in [0.1, 0.15) is 13.3 Å². The summed E-state index contributed by atoms with van der Waals surface area (Å²) in [6.07, 6.45) is 0.134. The van der Waals surface area contributed by atoms with Gasteiger partial charge in [0.25, 0.3) is 0 Å². The molecular weight excluding hydrogens is 160 g/mol. The molecular formula is C8H16O2S. The Bertz CT molecular complexity index is 86.1. The molecule has 0 spiro atoms. The number of hydrogen-bond acceptors (Lipinski definition) is 3. The molecule has 0 radical (unpaired) electrons. The highest BCUT2D eigenvalue weighted by Gasteiger charge is 1.88. The summed E-state index contributed by atoms with van der Waals surface area (Å²) in [6, 6.07) is 0. The van der Waals surface area contributed by atoms with E-state index in [1.807, 2.05) is 0 Å². The minimum absolute atomic E-state index is 0.0810. The Balaban J connectivity index is 0. The maximum Gasteiger partial charge on any atom is 0.0533 e. The molecule has 2 N–H and O–H groups in total. The molecule has 0 aliphatic carbocycles. The minimum Gasteiger partial charge on any atom is -0.396 e. The van der Waals surface area contributed by atoms with Crippen LogP contribution >= 0.6 is 11.8 Å². The number of thioether (sulfide) groups is 1. The SMILES string of the molecule is C=CSC=C.CC(O)CCO. The molecule has 1 atom stereocenters. The van der Waals surface area contributed by atoms with Crippen LogP contribution in [0.15, 0.2) is 24.0 Å². The van der Waals surface area contributed by atoms with Crippen molar-refractivity contribution in [3.63, 3.8) is 0 Å². The third kappa shape index (κ3) is 26.0. The van der Waals surface area contributed by atoms with Crippen LogP contribution in [0.2, 0.25) is 0 Å². The van der Waals surface area contributed by atoms with Crippen molar-refractivity contribution in [3.8, 4) is 0 Å². The van der Waals surface area contributed by atoms with E-state index in [1.54, 1.807) is 17.7 Å². The summed E-state index contributed by atoms with van der Waals surface area (Å²) in [5, 5.41) is 19.9. The highest BCUT2D eigenvalue weighted by Crippen LogP contribution is 1.96. The van der Waals surface area contributed by atoms with Crippen molar-refractivity contribution in [2.45, 2.75) is 19.4 Å². The first kappa shape index (κ1) is 13.3. The normalized spacial score (nSPS) is 10.8. The molecule has 0 saturated carbocycles. The fourth-order valence-electron chi connectivity index (χ4n) is 0.255. The second-order valence-electron chi connectivity index (χ2n) is 1.83. The van der Waals surface area contributed by atoms with E-state index < -0.39 is 0 Å². The second kappa shape index (κ2) is 12.4. The zero-order chi connectivity index (χ0) is 9.11. The van der Waals surface area contributed by atoms with Gasteiger partial charge in [-0.15, -0.1) is 11.8 Å². The molecule has 11 heavy (non-hydrogen) atoms. The number of rotatable bonds is 4. The zero-order valence-electron chi connectivity index (χ0n) is 6.86. The Morgan fingerprint density at radius 3 is 1.91 bits per heavy atom. The average molecular weight is 176 g/mol. The molecule has 0 fully saturated rings. The third-order valence-corrected chi connectivity index (χ3v) is 1.12. The van der Waals surface area contributed by atoms with Gasteiger partial charge in [-0.2, -0.15) is 0 Å². The lowest BCUT2D eigenvalue weighted by Gasteiger charge is -1.95. The molecule has 0 saturated heterocycles. The maximum absolute atomic E-state index is 8.39. The molecule has 3 heteroatoms. The van der Waals surface area contributed by atoms with Crippen LogP contribution in [-0.4, -0.2) is 22.9 Å². The second-order valence-corrected chi connectivity index (χ2v) is 2.77. The molecule has 0 rings (SSSR count). The van der Waals surface area contributed by atoms with Gasteiger partial charge < -0.3 is 10.2 Å². The number of aliphatic hydroxyl groups is 2. The highest BCUT2D eigenvalue weighted by atomic mass is 32.2. The minimum atomic E-state index is -0.352. The van der Waals surface area contributed by atoms with Crippen molar-refractivity contribution in [2.75, 3.05) is 6.61 Å². The Morgan fingerprint density at radius 1 is 1.45 bits per heavy atom. The van der Waals surface area contributed by atoms with Crippen molar-refractivity contribution >= 4 is 11.8 Å². The van der Waals surface area contributed by atoms with E-state index in [-0.39, 0.29) is 12.7 Å². The largest absolute Gasteiger partial charge is 0.396 e. The maximum atomic E-state index is 8.39. The fraction of sp³-hybridized carbons (Fsp3) is 0.500. The molecule has 0 aliphatic heterocycles. The van der Waals surface area contributed by atoms with Crippen LogP contribution < -0.4 is 0 Å². The van der Waals surface area contributed by atoms with Gasteiger partial charge in [0.05, 0.1) is 6.10 Å². The van der Waals surface area contributed by atoms with E-state index in [0.29, 0.717) is 6.42 Å². The van der Waals surface area contributed by atoms with E-state index in [9.17, 15) is 0 Å². The van der Waals surface area contributed by atoms with Gasteiger partial charge in [0, 0.05) is 6.61 Å². The molecule has 0 aliphatic rings. The standard InChI is InChI=1S/C4H10O2.C4H6S/c1-4(6)2-3-5;1-3-5-4-2/h4-6H,2-3H2,1H3;3-4H,1-2H2. The highest BCUT2D eigenvalue weighted by molar-refractivity contribution is 8.04. The molecule has 0 aromatic carbocycles. The van der Waals surface area contributed by atoms with Crippen LogP contribution in [0.25, 0.3) is 0 Å². The predicted molar refractivity (Wildman–Crippen MR) is 51.4 cm³/mol. The summed E-state index contributed by atoms with van der Waals surface area (Å²) in [4.78, 5) is 0. The summed E-state index contributed by atoms with van der Waals surface area (Å²) in [5.74, 6) is 0. The smallest absolute Gasteiger partial charge is 0.0533 e. The van der Waals surface area contributed by atoms with E-state index >= 15 is 0 Å². The Hall–Kier alpha value is -0.250.